The van der Waals surface area contributed by atoms with Gasteiger partial charge in [-0.05, 0) is 74.9 Å². The zero-order valence-electron chi connectivity index (χ0n) is 21.6. The Morgan fingerprint density at radius 1 is 1.13 bits per heavy atom. The first kappa shape index (κ1) is 25.4. The summed E-state index contributed by atoms with van der Waals surface area (Å²) < 4.78 is 27.3. The molecule has 1 fully saturated rings. The standard InChI is InChI=1S/C30H29FN4O3/c1-30(2,3)38-29(36)35-14-15-37-24(19-35)18-34-13-12-26-27(34)16-25(21-6-4-20(17-32)5-7-21)28(33-26)22-8-10-23(31)11-9-22/h4-13,16,24H,14-15,18-19H2,1-3H3/t24-/m0/s1. The molecule has 0 bridgehead atoms. The van der Waals surface area contributed by atoms with Crippen LogP contribution < -0.4 is 0 Å². The number of benzene rings is 2. The molecule has 1 amide bonds. The van der Waals surface area contributed by atoms with Gasteiger partial charge in [0.25, 0.3) is 0 Å². The summed E-state index contributed by atoms with van der Waals surface area (Å²) in [5.74, 6) is -0.311. The molecule has 1 aliphatic heterocycles. The van der Waals surface area contributed by atoms with Gasteiger partial charge in [-0.3, -0.25) is 0 Å². The quantitative estimate of drug-likeness (QED) is 0.334. The van der Waals surface area contributed by atoms with Gasteiger partial charge in [-0.1, -0.05) is 12.1 Å². The molecule has 0 unspecified atom stereocenters. The second-order valence-corrected chi connectivity index (χ2v) is 10.4. The summed E-state index contributed by atoms with van der Waals surface area (Å²) in [7, 11) is 0. The Kier molecular flexibility index (Phi) is 6.87. The number of carbonyl (C=O) groups is 1. The topological polar surface area (TPSA) is 80.4 Å². The summed E-state index contributed by atoms with van der Waals surface area (Å²) in [5, 5.41) is 9.23. The van der Waals surface area contributed by atoms with E-state index in [1.807, 2.05) is 45.2 Å². The predicted octanol–water partition coefficient (Wildman–Crippen LogP) is 6.02. The molecule has 8 heteroatoms. The highest BCUT2D eigenvalue weighted by Gasteiger charge is 2.28. The van der Waals surface area contributed by atoms with Crippen molar-refractivity contribution in [2.24, 2.45) is 0 Å². The molecule has 2 aromatic carbocycles. The fraction of sp³-hybridized carbons (Fsp3) is 0.300. The average Bonchev–Trinajstić information content (AvgIpc) is 3.29. The summed E-state index contributed by atoms with van der Waals surface area (Å²) in [5.41, 5.74) is 5.00. The van der Waals surface area contributed by atoms with Gasteiger partial charge < -0.3 is 18.9 Å². The SMILES string of the molecule is CC(C)(C)OC(=O)N1CCO[C@@H](Cn2ccc3nc(-c4ccc(F)cc4)c(-c4ccc(C#N)cc4)cc32)C1. The molecular weight excluding hydrogens is 483 g/mol. The van der Waals surface area contributed by atoms with E-state index in [1.165, 1.54) is 12.1 Å². The zero-order chi connectivity index (χ0) is 26.9. The summed E-state index contributed by atoms with van der Waals surface area (Å²) in [6.07, 6.45) is 1.42. The molecule has 0 radical (unpaired) electrons. The van der Waals surface area contributed by atoms with Gasteiger partial charge in [-0.25, -0.2) is 14.2 Å². The molecule has 0 spiro atoms. The molecule has 0 aliphatic carbocycles. The van der Waals surface area contributed by atoms with Crippen LogP contribution in [0.1, 0.15) is 26.3 Å². The van der Waals surface area contributed by atoms with E-state index in [0.717, 1.165) is 33.4 Å². The van der Waals surface area contributed by atoms with E-state index in [2.05, 4.69) is 16.7 Å². The molecule has 0 N–H and O–H groups in total. The van der Waals surface area contributed by atoms with E-state index in [-0.39, 0.29) is 18.0 Å². The van der Waals surface area contributed by atoms with E-state index in [0.29, 0.717) is 31.8 Å². The number of fused-ring (bicyclic) bond motifs is 1. The maximum Gasteiger partial charge on any atom is 0.410 e. The van der Waals surface area contributed by atoms with E-state index < -0.39 is 5.60 Å². The van der Waals surface area contributed by atoms with Gasteiger partial charge in [-0.2, -0.15) is 5.26 Å². The van der Waals surface area contributed by atoms with Gasteiger partial charge >= 0.3 is 6.09 Å². The van der Waals surface area contributed by atoms with Gasteiger partial charge in [0.15, 0.2) is 0 Å². The van der Waals surface area contributed by atoms with Crippen molar-refractivity contribution in [3.8, 4) is 28.5 Å². The number of rotatable bonds is 4. The minimum absolute atomic E-state index is 0.206. The number of carbonyl (C=O) groups excluding carboxylic acids is 1. The first-order chi connectivity index (χ1) is 18.2. The van der Waals surface area contributed by atoms with Crippen molar-refractivity contribution >= 4 is 17.1 Å². The van der Waals surface area contributed by atoms with Crippen molar-refractivity contribution in [2.45, 2.75) is 39.0 Å². The first-order valence-electron chi connectivity index (χ1n) is 12.6. The van der Waals surface area contributed by atoms with Crippen LogP contribution in [0, 0.1) is 17.1 Å². The third-order valence-corrected chi connectivity index (χ3v) is 6.39. The lowest BCUT2D eigenvalue weighted by atomic mass is 9.98. The Bertz CT molecular complexity index is 1500. The molecule has 0 saturated carbocycles. The minimum atomic E-state index is -0.558. The lowest BCUT2D eigenvalue weighted by molar-refractivity contribution is -0.0469. The number of aromatic nitrogens is 2. The lowest BCUT2D eigenvalue weighted by Crippen LogP contribution is -2.48. The normalized spacial score (nSPS) is 15.9. The number of amides is 1. The number of nitriles is 1. The van der Waals surface area contributed by atoms with Crippen molar-refractivity contribution in [3.63, 3.8) is 0 Å². The fourth-order valence-electron chi connectivity index (χ4n) is 4.58. The fourth-order valence-corrected chi connectivity index (χ4v) is 4.58. The van der Waals surface area contributed by atoms with Crippen LogP contribution in [0.2, 0.25) is 0 Å². The highest BCUT2D eigenvalue weighted by atomic mass is 19.1. The highest BCUT2D eigenvalue weighted by Crippen LogP contribution is 2.34. The second-order valence-electron chi connectivity index (χ2n) is 10.4. The lowest BCUT2D eigenvalue weighted by Gasteiger charge is -2.34. The van der Waals surface area contributed by atoms with Gasteiger partial charge in [0.2, 0.25) is 0 Å². The van der Waals surface area contributed by atoms with Crippen LogP contribution in [0.25, 0.3) is 33.4 Å². The highest BCUT2D eigenvalue weighted by molar-refractivity contribution is 5.90. The molecule has 3 heterocycles. The molecular formula is C30H29FN4O3. The monoisotopic (exact) mass is 512 g/mol. The van der Waals surface area contributed by atoms with Crippen LogP contribution in [0.3, 0.4) is 0 Å². The minimum Gasteiger partial charge on any atom is -0.444 e. The zero-order valence-corrected chi connectivity index (χ0v) is 21.6. The molecule has 38 heavy (non-hydrogen) atoms. The van der Waals surface area contributed by atoms with E-state index in [4.69, 9.17) is 14.5 Å². The summed E-state index contributed by atoms with van der Waals surface area (Å²) in [6.45, 7) is 7.45. The number of halogens is 1. The maximum atomic E-state index is 13.6. The summed E-state index contributed by atoms with van der Waals surface area (Å²) in [4.78, 5) is 19.3. The Balaban J connectivity index is 1.48. The molecule has 194 valence electrons. The Morgan fingerprint density at radius 3 is 2.53 bits per heavy atom. The maximum absolute atomic E-state index is 13.6. The Hall–Kier alpha value is -4.22. The van der Waals surface area contributed by atoms with E-state index in [9.17, 15) is 14.4 Å². The largest absolute Gasteiger partial charge is 0.444 e. The third-order valence-electron chi connectivity index (χ3n) is 6.39. The van der Waals surface area contributed by atoms with Crippen molar-refractivity contribution in [3.05, 3.63) is 78.2 Å². The molecule has 5 rings (SSSR count). The van der Waals surface area contributed by atoms with Gasteiger partial charge in [-0.15, -0.1) is 0 Å². The smallest absolute Gasteiger partial charge is 0.410 e. The number of hydrogen-bond donors (Lipinski definition) is 0. The second kappa shape index (κ2) is 10.3. The van der Waals surface area contributed by atoms with Crippen LogP contribution in [0.15, 0.2) is 66.9 Å². The Morgan fingerprint density at radius 2 is 1.84 bits per heavy atom. The summed E-state index contributed by atoms with van der Waals surface area (Å²) in [6, 6.07) is 19.8. The molecule has 1 aliphatic rings. The van der Waals surface area contributed by atoms with E-state index >= 15 is 0 Å². The van der Waals surface area contributed by atoms with Crippen molar-refractivity contribution in [1.82, 2.24) is 14.5 Å². The van der Waals surface area contributed by atoms with Gasteiger partial charge in [0.05, 0.1) is 54.2 Å². The first-order valence-corrected chi connectivity index (χ1v) is 12.6. The molecule has 2 aromatic heterocycles. The molecule has 1 saturated heterocycles. The van der Waals surface area contributed by atoms with E-state index in [1.54, 1.807) is 29.2 Å². The van der Waals surface area contributed by atoms with Gasteiger partial charge in [0, 0.05) is 23.9 Å². The molecule has 4 aromatic rings. The average molecular weight is 513 g/mol. The van der Waals surface area contributed by atoms with Crippen molar-refractivity contribution < 1.29 is 18.7 Å². The molecule has 7 nitrogen and oxygen atoms in total. The van der Waals surface area contributed by atoms with Crippen molar-refractivity contribution in [1.29, 1.82) is 5.26 Å². The number of ether oxygens (including phenoxy) is 2. The number of pyridine rings is 1. The number of morpholine rings is 1. The number of nitrogens with zero attached hydrogens (tertiary/aromatic N) is 4. The van der Waals surface area contributed by atoms with Crippen LogP contribution in [-0.2, 0) is 16.0 Å². The predicted molar refractivity (Wildman–Crippen MR) is 143 cm³/mol. The van der Waals surface area contributed by atoms with Gasteiger partial charge in [0.1, 0.15) is 11.4 Å². The third kappa shape index (κ3) is 5.53. The van der Waals surface area contributed by atoms with Crippen molar-refractivity contribution in [2.75, 3.05) is 19.7 Å². The van der Waals surface area contributed by atoms with Crippen LogP contribution in [0.4, 0.5) is 9.18 Å². The van der Waals surface area contributed by atoms with Crippen LogP contribution >= 0.6 is 0 Å². The summed E-state index contributed by atoms with van der Waals surface area (Å²) >= 11 is 0. The van der Waals surface area contributed by atoms with Crippen LogP contribution in [0.5, 0.6) is 0 Å². The molecule has 1 atom stereocenters. The number of hydrogen-bond acceptors (Lipinski definition) is 5. The van der Waals surface area contributed by atoms with Crippen LogP contribution in [-0.4, -0.2) is 51.9 Å². The Labute approximate surface area is 221 Å².